The van der Waals surface area contributed by atoms with E-state index in [0.717, 1.165) is 6.54 Å². The minimum absolute atomic E-state index is 0.00937. The Hall–Kier alpha value is -1.67. The van der Waals surface area contributed by atoms with Crippen molar-refractivity contribution in [3.05, 3.63) is 16.1 Å². The van der Waals surface area contributed by atoms with Crippen LogP contribution in [0.15, 0.2) is 5.38 Å². The van der Waals surface area contributed by atoms with Crippen LogP contribution in [-0.2, 0) is 0 Å². The summed E-state index contributed by atoms with van der Waals surface area (Å²) in [6.07, 6.45) is 2.49. The average Bonchev–Trinajstić information content (AvgIpc) is 3.14. The summed E-state index contributed by atoms with van der Waals surface area (Å²) in [5.41, 5.74) is 0.00937. The Kier molecular flexibility index (Phi) is 5.13. The molecule has 0 saturated heterocycles. The number of aromatic carboxylic acids is 1. The number of amides is 2. The molecule has 1 aliphatic rings. The highest BCUT2D eigenvalue weighted by atomic mass is 32.1. The zero-order valence-corrected chi connectivity index (χ0v) is 12.9. The minimum atomic E-state index is -1.06. The molecule has 2 amide bonds. The molecular weight excluding hydrogens is 292 g/mol. The van der Waals surface area contributed by atoms with Crippen molar-refractivity contribution in [3.8, 4) is 0 Å². The van der Waals surface area contributed by atoms with Gasteiger partial charge in [0.05, 0.1) is 6.04 Å². The van der Waals surface area contributed by atoms with Gasteiger partial charge in [0.2, 0.25) is 0 Å². The molecule has 21 heavy (non-hydrogen) atoms. The third-order valence-corrected chi connectivity index (χ3v) is 4.41. The zero-order valence-electron chi connectivity index (χ0n) is 12.1. The van der Waals surface area contributed by atoms with Crippen molar-refractivity contribution >= 4 is 23.3 Å². The highest BCUT2D eigenvalue weighted by Gasteiger charge is 2.25. The minimum Gasteiger partial charge on any atom is -0.476 e. The van der Waals surface area contributed by atoms with Crippen LogP contribution < -0.4 is 10.6 Å². The van der Waals surface area contributed by atoms with Gasteiger partial charge in [-0.05, 0) is 26.8 Å². The lowest BCUT2D eigenvalue weighted by atomic mass is 10.3. The first kappa shape index (κ1) is 15.7. The Balaban J connectivity index is 1.71. The average molecular weight is 312 g/mol. The highest BCUT2D eigenvalue weighted by molar-refractivity contribution is 7.09. The molecule has 1 atom stereocenters. The fourth-order valence-corrected chi connectivity index (χ4v) is 2.74. The fourth-order valence-electron chi connectivity index (χ4n) is 1.94. The van der Waals surface area contributed by atoms with Gasteiger partial charge in [-0.25, -0.2) is 14.6 Å². The van der Waals surface area contributed by atoms with Crippen LogP contribution in [0.3, 0.4) is 0 Å². The first-order valence-electron chi connectivity index (χ1n) is 6.90. The van der Waals surface area contributed by atoms with E-state index in [1.807, 2.05) is 0 Å². The summed E-state index contributed by atoms with van der Waals surface area (Å²) >= 11 is 1.23. The van der Waals surface area contributed by atoms with Gasteiger partial charge in [0, 0.05) is 24.5 Å². The molecule has 0 aliphatic heterocycles. The van der Waals surface area contributed by atoms with Crippen molar-refractivity contribution < 1.29 is 14.7 Å². The predicted molar refractivity (Wildman–Crippen MR) is 79.7 cm³/mol. The van der Waals surface area contributed by atoms with Crippen molar-refractivity contribution in [2.24, 2.45) is 0 Å². The molecule has 1 aromatic heterocycles. The number of hydrogen-bond acceptors (Lipinski definition) is 5. The third kappa shape index (κ3) is 4.68. The first-order valence-corrected chi connectivity index (χ1v) is 7.78. The molecule has 0 radical (unpaired) electrons. The molecule has 1 unspecified atom stereocenters. The number of likely N-dealkylation sites (N-methyl/N-ethyl adjacent to an activating group) is 1. The molecule has 0 aromatic carbocycles. The highest BCUT2D eigenvalue weighted by Crippen LogP contribution is 2.24. The molecule has 116 valence electrons. The molecular formula is C13H20N4O3S. The Labute approximate surface area is 127 Å². The van der Waals surface area contributed by atoms with Gasteiger partial charge in [0.25, 0.3) is 0 Å². The van der Waals surface area contributed by atoms with Crippen molar-refractivity contribution in [2.45, 2.75) is 31.8 Å². The van der Waals surface area contributed by atoms with Crippen molar-refractivity contribution in [3.63, 3.8) is 0 Å². The van der Waals surface area contributed by atoms with Crippen LogP contribution in [0, 0.1) is 0 Å². The number of carboxylic acids is 1. The molecule has 3 N–H and O–H groups in total. The normalized spacial score (nSPS) is 15.8. The number of carbonyl (C=O) groups is 2. The maximum atomic E-state index is 11.8. The van der Waals surface area contributed by atoms with E-state index in [2.05, 4.69) is 27.6 Å². The summed E-state index contributed by atoms with van der Waals surface area (Å²) in [6, 6.07) is 0.0987. The monoisotopic (exact) mass is 312 g/mol. The number of carboxylic acid groups (broad SMARTS) is 1. The summed E-state index contributed by atoms with van der Waals surface area (Å²) in [7, 11) is 2.06. The van der Waals surface area contributed by atoms with Gasteiger partial charge < -0.3 is 20.6 Å². The number of hydrogen-bond donors (Lipinski definition) is 3. The maximum absolute atomic E-state index is 11.8. The topological polar surface area (TPSA) is 94.6 Å². The number of nitrogens with one attached hydrogen (secondary N) is 2. The van der Waals surface area contributed by atoms with Crippen LogP contribution in [-0.4, -0.2) is 53.2 Å². The SMILES string of the molecule is CC(NC(=O)NCCN(C)C1CC1)c1nc(C(=O)O)cs1. The Morgan fingerprint density at radius 1 is 1.57 bits per heavy atom. The second-order valence-electron chi connectivity index (χ2n) is 5.21. The van der Waals surface area contributed by atoms with Gasteiger partial charge in [-0.15, -0.1) is 11.3 Å². The summed E-state index contributed by atoms with van der Waals surface area (Å²) < 4.78 is 0. The van der Waals surface area contributed by atoms with Crippen LogP contribution in [0.25, 0.3) is 0 Å². The van der Waals surface area contributed by atoms with E-state index in [-0.39, 0.29) is 17.8 Å². The lowest BCUT2D eigenvalue weighted by molar-refractivity contribution is 0.0691. The van der Waals surface area contributed by atoms with Gasteiger partial charge in [-0.3, -0.25) is 0 Å². The molecule has 7 nitrogen and oxygen atoms in total. The Bertz CT molecular complexity index is 515. The molecule has 0 spiro atoms. The molecule has 1 saturated carbocycles. The third-order valence-electron chi connectivity index (χ3n) is 3.38. The largest absolute Gasteiger partial charge is 0.476 e. The van der Waals surface area contributed by atoms with Gasteiger partial charge in [0.15, 0.2) is 5.69 Å². The van der Waals surface area contributed by atoms with E-state index < -0.39 is 5.97 Å². The van der Waals surface area contributed by atoms with Crippen LogP contribution in [0.2, 0.25) is 0 Å². The standard InChI is InChI=1S/C13H20N4O3S/c1-8(11-16-10(7-21-11)12(18)19)15-13(20)14-5-6-17(2)9-3-4-9/h7-9H,3-6H2,1-2H3,(H,18,19)(H2,14,15,20). The van der Waals surface area contributed by atoms with E-state index in [4.69, 9.17) is 5.11 Å². The van der Waals surface area contributed by atoms with Gasteiger partial charge >= 0.3 is 12.0 Å². The smallest absolute Gasteiger partial charge is 0.355 e. The van der Waals surface area contributed by atoms with Crippen LogP contribution in [0.1, 0.15) is 41.3 Å². The number of thiazole rings is 1. The van der Waals surface area contributed by atoms with E-state index in [1.165, 1.54) is 29.6 Å². The maximum Gasteiger partial charge on any atom is 0.355 e. The number of urea groups is 1. The van der Waals surface area contributed by atoms with E-state index in [9.17, 15) is 9.59 Å². The predicted octanol–water partition coefficient (Wildman–Crippen LogP) is 1.30. The van der Waals surface area contributed by atoms with Crippen LogP contribution >= 0.6 is 11.3 Å². The van der Waals surface area contributed by atoms with Crippen LogP contribution in [0.4, 0.5) is 4.79 Å². The first-order chi connectivity index (χ1) is 9.97. The summed E-state index contributed by atoms with van der Waals surface area (Å²) in [5.74, 6) is -1.06. The van der Waals surface area contributed by atoms with Gasteiger partial charge in [-0.2, -0.15) is 0 Å². The lowest BCUT2D eigenvalue weighted by Crippen LogP contribution is -2.40. The van der Waals surface area contributed by atoms with Gasteiger partial charge in [-0.1, -0.05) is 0 Å². The molecule has 2 rings (SSSR count). The number of rotatable bonds is 7. The molecule has 8 heteroatoms. The quantitative estimate of drug-likeness (QED) is 0.705. The van der Waals surface area contributed by atoms with E-state index >= 15 is 0 Å². The van der Waals surface area contributed by atoms with Crippen molar-refractivity contribution in [1.82, 2.24) is 20.5 Å². The second-order valence-corrected chi connectivity index (χ2v) is 6.10. The Morgan fingerprint density at radius 3 is 2.86 bits per heavy atom. The summed E-state index contributed by atoms with van der Waals surface area (Å²) in [5, 5.41) is 16.4. The van der Waals surface area contributed by atoms with Crippen molar-refractivity contribution in [2.75, 3.05) is 20.1 Å². The van der Waals surface area contributed by atoms with Crippen molar-refractivity contribution in [1.29, 1.82) is 0 Å². The summed E-state index contributed by atoms with van der Waals surface area (Å²) in [4.78, 5) is 28.7. The fraction of sp³-hybridized carbons (Fsp3) is 0.615. The van der Waals surface area contributed by atoms with Gasteiger partial charge in [0.1, 0.15) is 5.01 Å². The summed E-state index contributed by atoms with van der Waals surface area (Å²) in [6.45, 7) is 3.19. The second kappa shape index (κ2) is 6.86. The van der Waals surface area contributed by atoms with E-state index in [0.29, 0.717) is 17.6 Å². The van der Waals surface area contributed by atoms with Crippen LogP contribution in [0.5, 0.6) is 0 Å². The molecule has 1 aliphatic carbocycles. The lowest BCUT2D eigenvalue weighted by Gasteiger charge is -2.17. The number of carbonyl (C=O) groups excluding carboxylic acids is 1. The molecule has 0 bridgehead atoms. The van der Waals surface area contributed by atoms with E-state index in [1.54, 1.807) is 6.92 Å². The molecule has 1 heterocycles. The number of aromatic nitrogens is 1. The molecule has 1 aromatic rings. The molecule has 1 fully saturated rings. The zero-order chi connectivity index (χ0) is 15.4. The number of nitrogens with zero attached hydrogens (tertiary/aromatic N) is 2. The Morgan fingerprint density at radius 2 is 2.29 bits per heavy atom.